The number of anilines is 2. The van der Waals surface area contributed by atoms with E-state index in [4.69, 9.17) is 17.3 Å². The lowest BCUT2D eigenvalue weighted by atomic mass is 10.1. The van der Waals surface area contributed by atoms with Gasteiger partial charge in [-0.2, -0.15) is 0 Å². The number of hydrogen-bond acceptors (Lipinski definition) is 3. The zero-order valence-corrected chi connectivity index (χ0v) is 15.8. The summed E-state index contributed by atoms with van der Waals surface area (Å²) in [6.07, 6.45) is 1.11. The summed E-state index contributed by atoms with van der Waals surface area (Å²) < 4.78 is 0. The summed E-state index contributed by atoms with van der Waals surface area (Å²) in [5.74, 6) is -0.0964. The van der Waals surface area contributed by atoms with Crippen LogP contribution in [0.15, 0.2) is 42.5 Å². The first-order valence-corrected chi connectivity index (χ1v) is 8.95. The summed E-state index contributed by atoms with van der Waals surface area (Å²) >= 11 is 6.14. The van der Waals surface area contributed by atoms with Crippen LogP contribution in [0.1, 0.15) is 36.2 Å². The molecule has 4 N–H and O–H groups in total. The van der Waals surface area contributed by atoms with Gasteiger partial charge in [-0.3, -0.25) is 9.59 Å². The summed E-state index contributed by atoms with van der Waals surface area (Å²) in [5.41, 5.74) is 8.35. The highest BCUT2D eigenvalue weighted by atomic mass is 35.5. The minimum atomic E-state index is -0.273. The highest BCUT2D eigenvalue weighted by molar-refractivity contribution is 6.34. The van der Waals surface area contributed by atoms with Crippen LogP contribution in [0.2, 0.25) is 5.02 Å². The third-order valence-electron chi connectivity index (χ3n) is 3.77. The molecule has 0 saturated heterocycles. The van der Waals surface area contributed by atoms with Crippen LogP contribution < -0.4 is 16.4 Å². The molecule has 0 aliphatic heterocycles. The minimum Gasteiger partial charge on any atom is -0.399 e. The Kier molecular flexibility index (Phi) is 7.04. The molecule has 0 fully saturated rings. The number of benzene rings is 2. The van der Waals surface area contributed by atoms with E-state index < -0.39 is 0 Å². The van der Waals surface area contributed by atoms with E-state index in [0.29, 0.717) is 41.3 Å². The van der Waals surface area contributed by atoms with Gasteiger partial charge in [0.2, 0.25) is 5.91 Å². The Balaban J connectivity index is 1.95. The maximum absolute atomic E-state index is 12.4. The monoisotopic (exact) mass is 373 g/mol. The molecule has 2 aromatic carbocycles. The molecule has 138 valence electrons. The van der Waals surface area contributed by atoms with Crippen molar-refractivity contribution in [3.05, 3.63) is 58.6 Å². The molecule has 26 heavy (non-hydrogen) atoms. The number of halogens is 1. The van der Waals surface area contributed by atoms with Gasteiger partial charge in [-0.1, -0.05) is 37.6 Å². The molecule has 2 aromatic rings. The van der Waals surface area contributed by atoms with Crippen LogP contribution in [-0.2, 0) is 11.2 Å². The van der Waals surface area contributed by atoms with E-state index in [2.05, 4.69) is 10.6 Å². The number of nitrogens with two attached hydrogens (primary N) is 1. The molecule has 0 unspecified atom stereocenters. The molecule has 2 rings (SSSR count). The number of nitrogen functional groups attached to an aromatic ring is 1. The second-order valence-electron chi connectivity index (χ2n) is 6.59. The average Bonchev–Trinajstić information content (AvgIpc) is 2.57. The van der Waals surface area contributed by atoms with Crippen LogP contribution in [0.3, 0.4) is 0 Å². The van der Waals surface area contributed by atoms with E-state index in [-0.39, 0.29) is 17.7 Å². The van der Waals surface area contributed by atoms with Crippen LogP contribution in [0.5, 0.6) is 0 Å². The lowest BCUT2D eigenvalue weighted by Gasteiger charge is -2.11. The molecule has 2 amide bonds. The molecule has 5 nitrogen and oxygen atoms in total. The van der Waals surface area contributed by atoms with Crippen molar-refractivity contribution < 1.29 is 9.59 Å². The van der Waals surface area contributed by atoms with Gasteiger partial charge in [0.05, 0.1) is 10.6 Å². The zero-order valence-electron chi connectivity index (χ0n) is 15.0. The first-order chi connectivity index (χ1) is 12.3. The molecule has 0 saturated carbocycles. The van der Waals surface area contributed by atoms with E-state index in [1.165, 1.54) is 0 Å². The molecular weight excluding hydrogens is 350 g/mol. The summed E-state index contributed by atoms with van der Waals surface area (Å²) in [6.45, 7) is 4.42. The zero-order chi connectivity index (χ0) is 19.1. The van der Waals surface area contributed by atoms with Crippen molar-refractivity contribution in [3.8, 4) is 0 Å². The second kappa shape index (κ2) is 9.25. The Morgan fingerprint density at radius 3 is 2.46 bits per heavy atom. The SMILES string of the molecule is CC(C)CC(=O)Nc1ccc(Cl)c(C(=O)NCCc2ccc(N)cc2)c1. The summed E-state index contributed by atoms with van der Waals surface area (Å²) in [4.78, 5) is 24.3. The fourth-order valence-corrected chi connectivity index (χ4v) is 2.66. The summed E-state index contributed by atoms with van der Waals surface area (Å²) in [5, 5.41) is 5.99. The van der Waals surface area contributed by atoms with Crippen molar-refractivity contribution in [1.29, 1.82) is 0 Å². The molecule has 0 heterocycles. The van der Waals surface area contributed by atoms with Crippen molar-refractivity contribution in [2.24, 2.45) is 5.92 Å². The third kappa shape index (κ3) is 6.08. The van der Waals surface area contributed by atoms with Crippen molar-refractivity contribution in [3.63, 3.8) is 0 Å². The molecule has 6 heteroatoms. The standard InChI is InChI=1S/C20H24ClN3O2/c1-13(2)11-19(25)24-16-7-8-18(21)17(12-16)20(26)23-10-9-14-3-5-15(22)6-4-14/h3-8,12-13H,9-11,22H2,1-2H3,(H,23,26)(H,24,25). The lowest BCUT2D eigenvalue weighted by molar-refractivity contribution is -0.116. The molecule has 0 aliphatic rings. The Morgan fingerprint density at radius 2 is 1.81 bits per heavy atom. The minimum absolute atomic E-state index is 0.0861. The van der Waals surface area contributed by atoms with Crippen LogP contribution in [0, 0.1) is 5.92 Å². The van der Waals surface area contributed by atoms with Gasteiger partial charge in [0.15, 0.2) is 0 Å². The van der Waals surface area contributed by atoms with E-state index in [1.807, 2.05) is 38.1 Å². The predicted molar refractivity (Wildman–Crippen MR) is 106 cm³/mol. The lowest BCUT2D eigenvalue weighted by Crippen LogP contribution is -2.26. The number of rotatable bonds is 7. The Labute approximate surface area is 158 Å². The summed E-state index contributed by atoms with van der Waals surface area (Å²) in [7, 11) is 0. The van der Waals surface area contributed by atoms with Crippen LogP contribution >= 0.6 is 11.6 Å². The van der Waals surface area contributed by atoms with Gasteiger partial charge in [0.1, 0.15) is 0 Å². The normalized spacial score (nSPS) is 10.6. The molecule has 0 aliphatic carbocycles. The molecular formula is C20H24ClN3O2. The predicted octanol–water partition coefficient (Wildman–Crippen LogP) is 3.88. The van der Waals surface area contributed by atoms with Gasteiger partial charge in [-0.25, -0.2) is 0 Å². The van der Waals surface area contributed by atoms with E-state index in [1.54, 1.807) is 18.2 Å². The number of carbonyl (C=O) groups excluding carboxylic acids is 2. The Bertz CT molecular complexity index is 773. The summed E-state index contributed by atoms with van der Waals surface area (Å²) in [6, 6.07) is 12.4. The van der Waals surface area contributed by atoms with Crippen LogP contribution in [-0.4, -0.2) is 18.4 Å². The van der Waals surface area contributed by atoms with E-state index >= 15 is 0 Å². The fraction of sp³-hybridized carbons (Fsp3) is 0.300. The molecule has 0 bridgehead atoms. The molecule has 0 aromatic heterocycles. The highest BCUT2D eigenvalue weighted by Gasteiger charge is 2.12. The Morgan fingerprint density at radius 1 is 1.12 bits per heavy atom. The van der Waals surface area contributed by atoms with Crippen LogP contribution in [0.25, 0.3) is 0 Å². The number of carbonyl (C=O) groups is 2. The maximum atomic E-state index is 12.4. The fourth-order valence-electron chi connectivity index (χ4n) is 2.46. The number of nitrogens with one attached hydrogen (secondary N) is 2. The van der Waals surface area contributed by atoms with Crippen LogP contribution in [0.4, 0.5) is 11.4 Å². The highest BCUT2D eigenvalue weighted by Crippen LogP contribution is 2.21. The van der Waals surface area contributed by atoms with Crippen molar-refractivity contribution in [2.45, 2.75) is 26.7 Å². The first-order valence-electron chi connectivity index (χ1n) is 8.57. The molecule has 0 atom stereocenters. The van der Waals surface area contributed by atoms with Gasteiger partial charge >= 0.3 is 0 Å². The van der Waals surface area contributed by atoms with E-state index in [9.17, 15) is 9.59 Å². The van der Waals surface area contributed by atoms with Crippen molar-refractivity contribution in [1.82, 2.24) is 5.32 Å². The van der Waals surface area contributed by atoms with Gasteiger partial charge in [0.25, 0.3) is 5.91 Å². The van der Waals surface area contributed by atoms with E-state index in [0.717, 1.165) is 5.56 Å². The Hall–Kier alpha value is -2.53. The molecule has 0 spiro atoms. The quantitative estimate of drug-likeness (QED) is 0.644. The van der Waals surface area contributed by atoms with Gasteiger partial charge in [0, 0.05) is 24.3 Å². The van der Waals surface area contributed by atoms with Gasteiger partial charge < -0.3 is 16.4 Å². The number of hydrogen-bond donors (Lipinski definition) is 3. The van der Waals surface area contributed by atoms with Gasteiger partial charge in [-0.05, 0) is 48.2 Å². The van der Waals surface area contributed by atoms with Crippen molar-refractivity contribution in [2.75, 3.05) is 17.6 Å². The number of amides is 2. The first kappa shape index (κ1) is 19.8. The average molecular weight is 374 g/mol. The largest absolute Gasteiger partial charge is 0.399 e. The third-order valence-corrected chi connectivity index (χ3v) is 4.10. The topological polar surface area (TPSA) is 84.2 Å². The second-order valence-corrected chi connectivity index (χ2v) is 7.00. The maximum Gasteiger partial charge on any atom is 0.252 e. The molecule has 0 radical (unpaired) electrons. The van der Waals surface area contributed by atoms with Gasteiger partial charge in [-0.15, -0.1) is 0 Å². The van der Waals surface area contributed by atoms with Crippen molar-refractivity contribution >= 4 is 34.8 Å². The smallest absolute Gasteiger partial charge is 0.252 e.